The fraction of sp³-hybridized carbons (Fsp3) is 0.176. The largest absolute Gasteiger partial charge is 0.493 e. The van der Waals surface area contributed by atoms with Crippen molar-refractivity contribution < 1.29 is 9.47 Å². The lowest BCUT2D eigenvalue weighted by Crippen LogP contribution is -2.28. The Morgan fingerprint density at radius 1 is 1.20 bits per heavy atom. The maximum Gasteiger partial charge on any atom is 0.186 e. The van der Waals surface area contributed by atoms with Crippen LogP contribution in [-0.4, -0.2) is 25.5 Å². The molecule has 0 fully saturated rings. The molecule has 132 valence electrons. The van der Waals surface area contributed by atoms with E-state index in [1.165, 1.54) is 0 Å². The van der Waals surface area contributed by atoms with Crippen molar-refractivity contribution in [1.29, 1.82) is 0 Å². The Kier molecular flexibility index (Phi) is 7.31. The van der Waals surface area contributed by atoms with E-state index in [4.69, 9.17) is 44.9 Å². The van der Waals surface area contributed by atoms with Gasteiger partial charge in [-0.3, -0.25) is 5.43 Å². The Balaban J connectivity index is 2.12. The molecule has 0 saturated carbocycles. The first-order valence-electron chi connectivity index (χ1n) is 7.29. The molecule has 2 N–H and O–H groups in total. The number of nitrogens with one attached hydrogen (secondary N) is 2. The molecule has 25 heavy (non-hydrogen) atoms. The van der Waals surface area contributed by atoms with E-state index in [0.717, 1.165) is 11.1 Å². The van der Waals surface area contributed by atoms with Crippen molar-refractivity contribution in [2.45, 2.75) is 6.61 Å². The van der Waals surface area contributed by atoms with E-state index < -0.39 is 0 Å². The summed E-state index contributed by atoms with van der Waals surface area (Å²) < 4.78 is 11.2. The van der Waals surface area contributed by atoms with Gasteiger partial charge in [0.25, 0.3) is 0 Å². The number of hydrogen-bond acceptors (Lipinski definition) is 4. The summed E-state index contributed by atoms with van der Waals surface area (Å²) in [4.78, 5) is 0. The predicted octanol–water partition coefficient (Wildman–Crippen LogP) is 4.01. The zero-order chi connectivity index (χ0) is 18.2. The van der Waals surface area contributed by atoms with Crippen molar-refractivity contribution in [1.82, 2.24) is 10.7 Å². The summed E-state index contributed by atoms with van der Waals surface area (Å²) in [5.41, 5.74) is 4.34. The second-order valence-corrected chi connectivity index (χ2v) is 6.14. The van der Waals surface area contributed by atoms with Crippen LogP contribution in [0.25, 0.3) is 0 Å². The number of nitrogens with zero attached hydrogens (tertiary/aromatic N) is 1. The van der Waals surface area contributed by atoms with Gasteiger partial charge >= 0.3 is 0 Å². The quantitative estimate of drug-likeness (QED) is 0.438. The second kappa shape index (κ2) is 9.46. The van der Waals surface area contributed by atoms with E-state index in [1.54, 1.807) is 38.6 Å². The van der Waals surface area contributed by atoms with Crippen molar-refractivity contribution in [2.75, 3.05) is 14.2 Å². The van der Waals surface area contributed by atoms with Gasteiger partial charge in [-0.25, -0.2) is 0 Å². The van der Waals surface area contributed by atoms with Crippen LogP contribution in [0.15, 0.2) is 41.5 Å². The molecule has 0 radical (unpaired) electrons. The van der Waals surface area contributed by atoms with Crippen molar-refractivity contribution in [3.63, 3.8) is 0 Å². The van der Waals surface area contributed by atoms with Crippen LogP contribution < -0.4 is 20.2 Å². The molecule has 0 heterocycles. The average Bonchev–Trinajstić information content (AvgIpc) is 2.61. The number of ether oxygens (including phenoxy) is 2. The van der Waals surface area contributed by atoms with Crippen molar-refractivity contribution in [3.05, 3.63) is 57.6 Å². The van der Waals surface area contributed by atoms with Crippen LogP contribution >= 0.6 is 35.4 Å². The van der Waals surface area contributed by atoms with Gasteiger partial charge in [0, 0.05) is 22.7 Å². The zero-order valence-corrected chi connectivity index (χ0v) is 16.0. The van der Waals surface area contributed by atoms with Gasteiger partial charge in [-0.1, -0.05) is 29.3 Å². The monoisotopic (exact) mass is 397 g/mol. The summed E-state index contributed by atoms with van der Waals surface area (Å²) in [5, 5.41) is 8.37. The van der Waals surface area contributed by atoms with Gasteiger partial charge in [0.05, 0.1) is 13.3 Å². The number of methoxy groups -OCH3 is 1. The molecule has 0 aromatic heterocycles. The predicted molar refractivity (Wildman–Crippen MR) is 106 cm³/mol. The third kappa shape index (κ3) is 5.77. The third-order valence-electron chi connectivity index (χ3n) is 3.19. The van der Waals surface area contributed by atoms with Gasteiger partial charge in [-0.2, -0.15) is 5.10 Å². The van der Waals surface area contributed by atoms with E-state index in [9.17, 15) is 0 Å². The van der Waals surface area contributed by atoms with Crippen LogP contribution in [-0.2, 0) is 6.61 Å². The van der Waals surface area contributed by atoms with Crippen molar-refractivity contribution in [3.8, 4) is 11.5 Å². The lowest BCUT2D eigenvalue weighted by atomic mass is 10.2. The summed E-state index contributed by atoms with van der Waals surface area (Å²) >= 11 is 17.0. The highest BCUT2D eigenvalue weighted by Crippen LogP contribution is 2.29. The van der Waals surface area contributed by atoms with Crippen LogP contribution in [0.1, 0.15) is 11.1 Å². The topological polar surface area (TPSA) is 54.9 Å². The highest BCUT2D eigenvalue weighted by molar-refractivity contribution is 7.80. The second-order valence-electron chi connectivity index (χ2n) is 4.88. The number of hydrogen-bond donors (Lipinski definition) is 2. The molecule has 0 aliphatic heterocycles. The Labute approximate surface area is 161 Å². The Morgan fingerprint density at radius 2 is 2.00 bits per heavy atom. The molecule has 2 rings (SSSR count). The molecule has 0 aliphatic carbocycles. The molecule has 5 nitrogen and oxygen atoms in total. The van der Waals surface area contributed by atoms with E-state index in [2.05, 4.69) is 15.8 Å². The first-order chi connectivity index (χ1) is 12.0. The van der Waals surface area contributed by atoms with Gasteiger partial charge in [-0.15, -0.1) is 0 Å². The maximum atomic E-state index is 6.17. The van der Waals surface area contributed by atoms with E-state index in [1.807, 2.05) is 18.2 Å². The first kappa shape index (κ1) is 19.3. The normalized spacial score (nSPS) is 10.6. The molecule has 2 aromatic rings. The lowest BCUT2D eigenvalue weighted by molar-refractivity contribution is 0.284. The van der Waals surface area contributed by atoms with Gasteiger partial charge < -0.3 is 14.8 Å². The number of rotatable bonds is 6. The van der Waals surface area contributed by atoms with Gasteiger partial charge in [0.1, 0.15) is 6.61 Å². The molecule has 2 aromatic carbocycles. The van der Waals surface area contributed by atoms with E-state index in [0.29, 0.717) is 26.7 Å². The first-order valence-corrected chi connectivity index (χ1v) is 8.45. The molecular formula is C17H17Cl2N3O2S. The summed E-state index contributed by atoms with van der Waals surface area (Å²) in [6.45, 7) is 0.287. The molecule has 0 saturated heterocycles. The smallest absolute Gasteiger partial charge is 0.186 e. The standard InChI is InChI=1S/C17H17Cl2N3O2S/c1-20-17(25)22-21-9-11-3-6-15(23-2)16(7-11)24-10-12-4-5-13(18)8-14(12)19/h3-9H,10H2,1-2H3,(H2,20,22,25)/b21-9+. The fourth-order valence-electron chi connectivity index (χ4n) is 1.90. The Morgan fingerprint density at radius 3 is 2.68 bits per heavy atom. The van der Waals surface area contributed by atoms with Crippen LogP contribution in [0, 0.1) is 0 Å². The summed E-state index contributed by atoms with van der Waals surface area (Å²) in [7, 11) is 3.30. The van der Waals surface area contributed by atoms with E-state index in [-0.39, 0.29) is 6.61 Å². The zero-order valence-electron chi connectivity index (χ0n) is 13.7. The van der Waals surface area contributed by atoms with Gasteiger partial charge in [0.2, 0.25) is 0 Å². The van der Waals surface area contributed by atoms with Crippen molar-refractivity contribution >= 4 is 46.7 Å². The van der Waals surface area contributed by atoms with Crippen LogP contribution in [0.2, 0.25) is 10.0 Å². The number of hydrazone groups is 1. The molecule has 0 atom stereocenters. The Hall–Kier alpha value is -2.02. The lowest BCUT2D eigenvalue weighted by Gasteiger charge is -2.12. The van der Waals surface area contributed by atoms with Gasteiger partial charge in [-0.05, 0) is 48.1 Å². The van der Waals surface area contributed by atoms with Crippen molar-refractivity contribution in [2.24, 2.45) is 5.10 Å². The average molecular weight is 398 g/mol. The highest BCUT2D eigenvalue weighted by atomic mass is 35.5. The SMILES string of the molecule is CNC(=S)N/N=C/c1ccc(OC)c(OCc2ccc(Cl)cc2Cl)c1. The minimum atomic E-state index is 0.287. The molecule has 0 bridgehead atoms. The number of benzene rings is 2. The summed E-state index contributed by atoms with van der Waals surface area (Å²) in [6, 6.07) is 10.7. The molecule has 0 unspecified atom stereocenters. The molecule has 0 amide bonds. The van der Waals surface area contributed by atoms with Crippen LogP contribution in [0.4, 0.5) is 0 Å². The fourth-order valence-corrected chi connectivity index (χ4v) is 2.42. The maximum absolute atomic E-state index is 6.17. The highest BCUT2D eigenvalue weighted by Gasteiger charge is 2.08. The molecular weight excluding hydrogens is 381 g/mol. The van der Waals surface area contributed by atoms with Crippen LogP contribution in [0.3, 0.4) is 0 Å². The van der Waals surface area contributed by atoms with Crippen LogP contribution in [0.5, 0.6) is 11.5 Å². The van der Waals surface area contributed by atoms with E-state index >= 15 is 0 Å². The Bertz CT molecular complexity index is 784. The molecule has 8 heteroatoms. The summed E-state index contributed by atoms with van der Waals surface area (Å²) in [5.74, 6) is 1.19. The van der Waals surface area contributed by atoms with Gasteiger partial charge in [0.15, 0.2) is 16.6 Å². The minimum Gasteiger partial charge on any atom is -0.493 e. The molecule has 0 spiro atoms. The number of halogens is 2. The summed E-state index contributed by atoms with van der Waals surface area (Å²) in [6.07, 6.45) is 1.63. The molecule has 0 aliphatic rings. The number of thiocarbonyl (C=S) groups is 1. The minimum absolute atomic E-state index is 0.287. The third-order valence-corrected chi connectivity index (χ3v) is 4.08.